The number of benzene rings is 1. The summed E-state index contributed by atoms with van der Waals surface area (Å²) in [6.07, 6.45) is 6.26. The highest BCUT2D eigenvalue weighted by Gasteiger charge is 2.06. The van der Waals surface area contributed by atoms with E-state index in [2.05, 4.69) is 11.2 Å². The van der Waals surface area contributed by atoms with Crippen molar-refractivity contribution in [3.05, 3.63) is 48.0 Å². The van der Waals surface area contributed by atoms with Crippen LogP contribution in [-0.4, -0.2) is 6.04 Å². The molecule has 0 saturated carbocycles. The lowest BCUT2D eigenvalue weighted by Crippen LogP contribution is -2.25. The Morgan fingerprint density at radius 2 is 2.00 bits per heavy atom. The lowest BCUT2D eigenvalue weighted by Gasteiger charge is -2.08. The van der Waals surface area contributed by atoms with Gasteiger partial charge in [-0.3, -0.25) is 5.32 Å². The van der Waals surface area contributed by atoms with E-state index in [-0.39, 0.29) is 11.9 Å². The standard InChI is InChI=1S/C16H16FNO/c1-3-14(4-2)18-11-15-9-10-16(19-15)12-5-7-13(17)8-6-12/h1,5-10,14,18H,4,11H2,2H3. The van der Waals surface area contributed by atoms with Gasteiger partial charge in [-0.05, 0) is 42.8 Å². The molecule has 0 amide bonds. The topological polar surface area (TPSA) is 25.2 Å². The number of terminal acetylenes is 1. The summed E-state index contributed by atoms with van der Waals surface area (Å²) in [6.45, 7) is 2.62. The predicted octanol–water partition coefficient (Wildman–Crippen LogP) is 3.59. The highest BCUT2D eigenvalue weighted by Crippen LogP contribution is 2.22. The van der Waals surface area contributed by atoms with Gasteiger partial charge in [-0.2, -0.15) is 0 Å². The molecule has 0 aliphatic rings. The van der Waals surface area contributed by atoms with Gasteiger partial charge in [-0.15, -0.1) is 6.42 Å². The Morgan fingerprint density at radius 1 is 1.26 bits per heavy atom. The van der Waals surface area contributed by atoms with Crippen molar-refractivity contribution < 1.29 is 8.81 Å². The molecule has 0 saturated heterocycles. The summed E-state index contributed by atoms with van der Waals surface area (Å²) < 4.78 is 18.5. The van der Waals surface area contributed by atoms with E-state index in [0.717, 1.165) is 23.5 Å². The fraction of sp³-hybridized carbons (Fsp3) is 0.250. The summed E-state index contributed by atoms with van der Waals surface area (Å²) in [7, 11) is 0. The van der Waals surface area contributed by atoms with Gasteiger partial charge >= 0.3 is 0 Å². The summed E-state index contributed by atoms with van der Waals surface area (Å²) in [4.78, 5) is 0. The minimum atomic E-state index is -0.253. The number of rotatable bonds is 5. The van der Waals surface area contributed by atoms with E-state index >= 15 is 0 Å². The SMILES string of the molecule is C#CC(CC)NCc1ccc(-c2ccc(F)cc2)o1. The van der Waals surface area contributed by atoms with Crippen LogP contribution in [0.5, 0.6) is 0 Å². The third-order valence-electron chi connectivity index (χ3n) is 2.92. The summed E-state index contributed by atoms with van der Waals surface area (Å²) in [5, 5.41) is 3.22. The van der Waals surface area contributed by atoms with Crippen LogP contribution in [0.2, 0.25) is 0 Å². The van der Waals surface area contributed by atoms with Gasteiger partial charge in [0.1, 0.15) is 17.3 Å². The van der Waals surface area contributed by atoms with Gasteiger partial charge in [0.15, 0.2) is 0 Å². The molecule has 1 unspecified atom stereocenters. The molecule has 0 spiro atoms. The lowest BCUT2D eigenvalue weighted by atomic mass is 10.2. The molecular formula is C16H16FNO. The molecule has 2 rings (SSSR count). The highest BCUT2D eigenvalue weighted by molar-refractivity contribution is 5.57. The van der Waals surface area contributed by atoms with Crippen molar-refractivity contribution in [2.24, 2.45) is 0 Å². The van der Waals surface area contributed by atoms with Crippen molar-refractivity contribution in [3.8, 4) is 23.7 Å². The van der Waals surface area contributed by atoms with E-state index < -0.39 is 0 Å². The first kappa shape index (κ1) is 13.4. The number of hydrogen-bond acceptors (Lipinski definition) is 2. The normalized spacial score (nSPS) is 12.1. The minimum Gasteiger partial charge on any atom is -0.460 e. The summed E-state index contributed by atoms with van der Waals surface area (Å²) in [6, 6.07) is 10.1. The van der Waals surface area contributed by atoms with E-state index in [1.54, 1.807) is 12.1 Å². The largest absolute Gasteiger partial charge is 0.460 e. The molecule has 1 atom stereocenters. The van der Waals surface area contributed by atoms with E-state index in [9.17, 15) is 4.39 Å². The van der Waals surface area contributed by atoms with Crippen LogP contribution in [0.4, 0.5) is 4.39 Å². The van der Waals surface area contributed by atoms with Crippen LogP contribution in [0, 0.1) is 18.2 Å². The van der Waals surface area contributed by atoms with Crippen molar-refractivity contribution >= 4 is 0 Å². The Labute approximate surface area is 112 Å². The summed E-state index contributed by atoms with van der Waals surface area (Å²) in [5.74, 6) is 3.96. The quantitative estimate of drug-likeness (QED) is 0.828. The molecule has 0 aliphatic heterocycles. The predicted molar refractivity (Wildman–Crippen MR) is 73.9 cm³/mol. The van der Waals surface area contributed by atoms with E-state index in [1.807, 2.05) is 19.1 Å². The summed E-state index contributed by atoms with van der Waals surface area (Å²) >= 11 is 0. The average Bonchev–Trinajstić information content (AvgIpc) is 2.89. The second-order valence-corrected chi connectivity index (χ2v) is 4.28. The van der Waals surface area contributed by atoms with E-state index in [1.165, 1.54) is 12.1 Å². The molecule has 0 fully saturated rings. The molecule has 2 aromatic rings. The van der Waals surface area contributed by atoms with Gasteiger partial charge in [0.05, 0.1) is 12.6 Å². The van der Waals surface area contributed by atoms with Crippen LogP contribution < -0.4 is 5.32 Å². The van der Waals surface area contributed by atoms with Crippen LogP contribution in [0.3, 0.4) is 0 Å². The maximum absolute atomic E-state index is 12.8. The molecule has 1 N–H and O–H groups in total. The zero-order valence-corrected chi connectivity index (χ0v) is 10.8. The monoisotopic (exact) mass is 257 g/mol. The maximum Gasteiger partial charge on any atom is 0.134 e. The van der Waals surface area contributed by atoms with Crippen LogP contribution in [0.25, 0.3) is 11.3 Å². The number of halogens is 1. The molecule has 0 aliphatic carbocycles. The number of hydrogen-bond donors (Lipinski definition) is 1. The van der Waals surface area contributed by atoms with Gasteiger partial charge in [-0.1, -0.05) is 12.8 Å². The van der Waals surface area contributed by atoms with Crippen LogP contribution in [0.1, 0.15) is 19.1 Å². The first-order chi connectivity index (χ1) is 9.22. The molecule has 98 valence electrons. The molecule has 3 heteroatoms. The van der Waals surface area contributed by atoms with Crippen molar-refractivity contribution in [1.29, 1.82) is 0 Å². The Hall–Kier alpha value is -2.05. The Balaban J connectivity index is 2.03. The molecule has 19 heavy (non-hydrogen) atoms. The molecule has 1 heterocycles. The highest BCUT2D eigenvalue weighted by atomic mass is 19.1. The molecule has 2 nitrogen and oxygen atoms in total. The van der Waals surface area contributed by atoms with Crippen molar-refractivity contribution in [2.45, 2.75) is 25.9 Å². The van der Waals surface area contributed by atoms with Gasteiger partial charge in [-0.25, -0.2) is 4.39 Å². The second kappa shape index (κ2) is 6.21. The van der Waals surface area contributed by atoms with Crippen LogP contribution in [0.15, 0.2) is 40.8 Å². The van der Waals surface area contributed by atoms with E-state index in [0.29, 0.717) is 6.54 Å². The van der Waals surface area contributed by atoms with Crippen molar-refractivity contribution in [1.82, 2.24) is 5.32 Å². The maximum atomic E-state index is 12.8. The van der Waals surface area contributed by atoms with Crippen LogP contribution in [-0.2, 0) is 6.54 Å². The Bertz CT molecular complexity index is 565. The smallest absolute Gasteiger partial charge is 0.134 e. The molecule has 1 aromatic heterocycles. The second-order valence-electron chi connectivity index (χ2n) is 4.28. The Morgan fingerprint density at radius 3 is 2.63 bits per heavy atom. The number of furan rings is 1. The van der Waals surface area contributed by atoms with Gasteiger partial charge in [0, 0.05) is 5.56 Å². The fourth-order valence-corrected chi connectivity index (χ4v) is 1.79. The van der Waals surface area contributed by atoms with Crippen LogP contribution >= 0.6 is 0 Å². The zero-order chi connectivity index (χ0) is 13.7. The van der Waals surface area contributed by atoms with Gasteiger partial charge in [0.25, 0.3) is 0 Å². The number of nitrogens with one attached hydrogen (secondary N) is 1. The molecular weight excluding hydrogens is 241 g/mol. The third kappa shape index (κ3) is 3.46. The zero-order valence-electron chi connectivity index (χ0n) is 10.8. The first-order valence-electron chi connectivity index (χ1n) is 6.27. The lowest BCUT2D eigenvalue weighted by molar-refractivity contribution is 0.476. The van der Waals surface area contributed by atoms with Crippen molar-refractivity contribution in [3.63, 3.8) is 0 Å². The van der Waals surface area contributed by atoms with Gasteiger partial charge in [0.2, 0.25) is 0 Å². The molecule has 1 aromatic carbocycles. The third-order valence-corrected chi connectivity index (χ3v) is 2.92. The minimum absolute atomic E-state index is 0.0550. The molecule has 0 bridgehead atoms. The molecule has 0 radical (unpaired) electrons. The average molecular weight is 257 g/mol. The first-order valence-corrected chi connectivity index (χ1v) is 6.27. The fourth-order valence-electron chi connectivity index (χ4n) is 1.79. The Kier molecular flexibility index (Phi) is 4.38. The van der Waals surface area contributed by atoms with Gasteiger partial charge < -0.3 is 4.42 Å². The summed E-state index contributed by atoms with van der Waals surface area (Å²) in [5.41, 5.74) is 0.858. The van der Waals surface area contributed by atoms with Crippen molar-refractivity contribution in [2.75, 3.05) is 0 Å². The van der Waals surface area contributed by atoms with E-state index in [4.69, 9.17) is 10.8 Å².